The predicted octanol–water partition coefficient (Wildman–Crippen LogP) is 3.89. The number of carbonyl (C=O) groups is 1. The van der Waals surface area contributed by atoms with Gasteiger partial charge in [-0.05, 0) is 38.3 Å². The zero-order valence-corrected chi connectivity index (χ0v) is 14.7. The highest BCUT2D eigenvalue weighted by Gasteiger charge is 2.51. The van der Waals surface area contributed by atoms with Gasteiger partial charge in [0.1, 0.15) is 0 Å². The van der Waals surface area contributed by atoms with Crippen LogP contribution in [0.1, 0.15) is 52.2 Å². The van der Waals surface area contributed by atoms with Crippen LogP contribution >= 0.6 is 0 Å². The lowest BCUT2D eigenvalue weighted by Crippen LogP contribution is -2.39. The second kappa shape index (κ2) is 11.0. The lowest BCUT2D eigenvalue weighted by molar-refractivity contribution is -0.258. The van der Waals surface area contributed by atoms with Crippen molar-refractivity contribution in [1.29, 1.82) is 0 Å². The molecule has 0 saturated carbocycles. The van der Waals surface area contributed by atoms with E-state index in [1.165, 1.54) is 18.2 Å². The fraction of sp³-hybridized carbons (Fsp3) is 0.588. The number of benzene rings is 1. The van der Waals surface area contributed by atoms with Crippen molar-refractivity contribution in [3.05, 3.63) is 35.4 Å². The molecule has 0 spiro atoms. The van der Waals surface area contributed by atoms with Crippen LogP contribution in [0.4, 0.5) is 13.2 Å². The molecule has 4 nitrogen and oxygen atoms in total. The Kier molecular flexibility index (Phi) is 11.3. The van der Waals surface area contributed by atoms with E-state index in [4.69, 9.17) is 10.2 Å². The van der Waals surface area contributed by atoms with Gasteiger partial charge in [0.05, 0.1) is 0 Å². The first-order valence-corrected chi connectivity index (χ1v) is 7.57. The molecule has 0 saturated heterocycles. The van der Waals surface area contributed by atoms with Gasteiger partial charge < -0.3 is 15.3 Å². The minimum absolute atomic E-state index is 0.116. The Morgan fingerprint density at radius 3 is 1.92 bits per heavy atom. The van der Waals surface area contributed by atoms with E-state index in [9.17, 15) is 23.1 Å². The number of carboxylic acid groups (broad SMARTS) is 1. The molecule has 0 aromatic heterocycles. The Morgan fingerprint density at radius 2 is 1.62 bits per heavy atom. The molecule has 0 amide bonds. The van der Waals surface area contributed by atoms with E-state index < -0.39 is 17.7 Å². The van der Waals surface area contributed by atoms with Gasteiger partial charge in [0, 0.05) is 12.5 Å². The minimum atomic E-state index is -4.65. The van der Waals surface area contributed by atoms with Gasteiger partial charge in [0.2, 0.25) is 0 Å². The molecule has 0 heterocycles. The predicted molar refractivity (Wildman–Crippen MR) is 86.7 cm³/mol. The Balaban J connectivity index is 0. The van der Waals surface area contributed by atoms with Crippen molar-refractivity contribution in [1.82, 2.24) is 0 Å². The first-order chi connectivity index (χ1) is 10.8. The maximum atomic E-state index is 12.5. The van der Waals surface area contributed by atoms with Crippen LogP contribution in [-0.2, 0) is 16.8 Å². The minimum Gasteiger partial charge on any atom is -0.481 e. The van der Waals surface area contributed by atoms with Crippen LogP contribution in [-0.4, -0.2) is 33.6 Å². The second-order valence-corrected chi connectivity index (χ2v) is 5.46. The summed E-state index contributed by atoms with van der Waals surface area (Å²) in [7, 11) is 0. The average Bonchev–Trinajstić information content (AvgIpc) is 2.46. The van der Waals surface area contributed by atoms with Crippen LogP contribution in [0, 0.1) is 0 Å². The van der Waals surface area contributed by atoms with E-state index in [0.29, 0.717) is 6.42 Å². The number of aliphatic carboxylic acids is 1. The highest BCUT2D eigenvalue weighted by molar-refractivity contribution is 5.66. The Morgan fingerprint density at radius 1 is 1.21 bits per heavy atom. The molecule has 0 aliphatic carbocycles. The van der Waals surface area contributed by atoms with E-state index in [2.05, 4.69) is 0 Å². The largest absolute Gasteiger partial charge is 0.481 e. The zero-order valence-electron chi connectivity index (χ0n) is 14.7. The van der Waals surface area contributed by atoms with Crippen molar-refractivity contribution >= 4 is 5.97 Å². The highest BCUT2D eigenvalue weighted by Crippen LogP contribution is 2.38. The van der Waals surface area contributed by atoms with Crippen LogP contribution in [0.2, 0.25) is 0 Å². The third-order valence-corrected chi connectivity index (χ3v) is 2.75. The van der Waals surface area contributed by atoms with E-state index >= 15 is 0 Å². The summed E-state index contributed by atoms with van der Waals surface area (Å²) < 4.78 is 37.5. The number of carboxylic acids is 1. The number of aliphatic hydroxyl groups is 2. The molecular formula is C17H27F3O4. The van der Waals surface area contributed by atoms with E-state index in [1.54, 1.807) is 26.8 Å². The fourth-order valence-corrected chi connectivity index (χ4v) is 1.26. The lowest BCUT2D eigenvalue weighted by Gasteiger charge is -2.27. The number of hydrogen-bond donors (Lipinski definition) is 3. The van der Waals surface area contributed by atoms with Gasteiger partial charge in [-0.2, -0.15) is 13.2 Å². The number of aliphatic hydroxyl groups excluding tert-OH is 1. The second-order valence-electron chi connectivity index (χ2n) is 5.46. The monoisotopic (exact) mass is 352 g/mol. The van der Waals surface area contributed by atoms with Crippen LogP contribution in [0.25, 0.3) is 0 Å². The summed E-state index contributed by atoms with van der Waals surface area (Å²) in [4.78, 5) is 9.37. The van der Waals surface area contributed by atoms with Crippen molar-refractivity contribution in [2.75, 3.05) is 0 Å². The topological polar surface area (TPSA) is 77.8 Å². The third kappa shape index (κ3) is 10.2. The Bertz CT molecular complexity index is 480. The van der Waals surface area contributed by atoms with Crippen molar-refractivity contribution in [3.8, 4) is 0 Å². The van der Waals surface area contributed by atoms with Crippen molar-refractivity contribution in [3.63, 3.8) is 0 Å². The van der Waals surface area contributed by atoms with Crippen LogP contribution in [0.15, 0.2) is 24.3 Å². The van der Waals surface area contributed by atoms with Gasteiger partial charge in [-0.3, -0.25) is 4.79 Å². The van der Waals surface area contributed by atoms with Crippen LogP contribution < -0.4 is 0 Å². The third-order valence-electron chi connectivity index (χ3n) is 2.75. The summed E-state index contributed by atoms with van der Waals surface area (Å²) in [6.45, 7) is 7.66. The molecule has 0 aliphatic heterocycles. The molecule has 0 fully saturated rings. The molecule has 7 heteroatoms. The number of rotatable bonds is 3. The zero-order chi connectivity index (χ0) is 19.6. The fourth-order valence-electron chi connectivity index (χ4n) is 1.26. The highest BCUT2D eigenvalue weighted by atomic mass is 19.4. The first-order valence-electron chi connectivity index (χ1n) is 7.57. The Hall–Kier alpha value is -1.60. The molecule has 1 aromatic rings. The van der Waals surface area contributed by atoms with E-state index in [0.717, 1.165) is 12.5 Å². The number of aryl methyl sites for hydroxylation is 1. The van der Waals surface area contributed by atoms with Gasteiger partial charge in [0.25, 0.3) is 0 Å². The number of halogens is 3. The van der Waals surface area contributed by atoms with Gasteiger partial charge in [-0.25, -0.2) is 0 Å². The molecule has 0 bridgehead atoms. The van der Waals surface area contributed by atoms with Gasteiger partial charge in [-0.15, -0.1) is 0 Å². The Labute approximate surface area is 140 Å². The molecule has 1 atom stereocenters. The van der Waals surface area contributed by atoms with Crippen molar-refractivity contribution in [2.24, 2.45) is 0 Å². The first kappa shape index (κ1) is 24.6. The molecule has 1 rings (SSSR count). The number of hydrogen-bond acceptors (Lipinski definition) is 3. The molecular weight excluding hydrogens is 325 g/mol. The van der Waals surface area contributed by atoms with Crippen LogP contribution in [0.3, 0.4) is 0 Å². The summed E-state index contributed by atoms with van der Waals surface area (Å²) in [5.41, 5.74) is -2.12. The van der Waals surface area contributed by atoms with Crippen LogP contribution in [0.5, 0.6) is 0 Å². The lowest BCUT2D eigenvalue weighted by atomic mass is 9.93. The van der Waals surface area contributed by atoms with Gasteiger partial charge in [-0.1, -0.05) is 38.1 Å². The molecule has 1 unspecified atom stereocenters. The van der Waals surface area contributed by atoms with Crippen molar-refractivity contribution < 1.29 is 33.3 Å². The smallest absolute Gasteiger partial charge is 0.421 e. The van der Waals surface area contributed by atoms with E-state index in [1.807, 2.05) is 6.92 Å². The summed E-state index contributed by atoms with van der Waals surface area (Å²) >= 11 is 0. The normalized spacial score (nSPS) is 13.1. The molecule has 140 valence electrons. The van der Waals surface area contributed by atoms with Gasteiger partial charge >= 0.3 is 12.1 Å². The number of alkyl halides is 3. The van der Waals surface area contributed by atoms with Crippen molar-refractivity contribution in [2.45, 2.75) is 65.3 Å². The summed E-state index contributed by atoms with van der Waals surface area (Å²) in [5.74, 6) is -0.745. The summed E-state index contributed by atoms with van der Waals surface area (Å²) in [5, 5.41) is 25.2. The van der Waals surface area contributed by atoms with Gasteiger partial charge in [0.15, 0.2) is 5.60 Å². The molecule has 24 heavy (non-hydrogen) atoms. The van der Waals surface area contributed by atoms with E-state index in [-0.39, 0.29) is 18.1 Å². The standard InChI is InChI=1S/C11H13F3O.C3H6O2.C3H8O/c1-3-8-5-4-6-9(7-8)10(2,15)11(12,13)14;1-2-3(4)5;1-3(2)4/h4-7,15H,3H2,1-2H3;2H2,1H3,(H,4,5);3-4H,1-2H3. The molecule has 1 aromatic carbocycles. The molecule has 0 aliphatic rings. The summed E-state index contributed by atoms with van der Waals surface area (Å²) in [6.07, 6.45) is -3.96. The average molecular weight is 352 g/mol. The maximum Gasteiger partial charge on any atom is 0.421 e. The summed E-state index contributed by atoms with van der Waals surface area (Å²) in [6, 6.07) is 5.92. The molecule has 0 radical (unpaired) electrons. The SMILES string of the molecule is CC(C)O.CCC(=O)O.CCc1cccc(C(C)(O)C(F)(F)F)c1. The maximum absolute atomic E-state index is 12.5. The molecule has 3 N–H and O–H groups in total. The quantitative estimate of drug-likeness (QED) is 0.771.